The summed E-state index contributed by atoms with van der Waals surface area (Å²) in [6, 6.07) is 4.37. The van der Waals surface area contributed by atoms with Gasteiger partial charge in [0.05, 0.1) is 0 Å². The van der Waals surface area contributed by atoms with E-state index in [4.69, 9.17) is 0 Å². The fourth-order valence-electron chi connectivity index (χ4n) is 2.36. The van der Waals surface area contributed by atoms with Gasteiger partial charge in [-0.05, 0) is 49.7 Å². The normalized spacial score (nSPS) is 18.1. The van der Waals surface area contributed by atoms with Crippen molar-refractivity contribution in [2.45, 2.75) is 38.5 Å². The summed E-state index contributed by atoms with van der Waals surface area (Å²) in [5.74, 6) is 0.960. The van der Waals surface area contributed by atoms with E-state index in [2.05, 4.69) is 22.8 Å². The summed E-state index contributed by atoms with van der Waals surface area (Å²) in [6.07, 6.45) is 8.47. The molecule has 1 aliphatic carbocycles. The summed E-state index contributed by atoms with van der Waals surface area (Å²) >= 11 is 1.87. The highest BCUT2D eigenvalue weighted by Gasteiger charge is 2.12. The van der Waals surface area contributed by atoms with Crippen LogP contribution in [0.1, 0.15) is 37.0 Å². The average Bonchev–Trinajstić information content (AvgIpc) is 2.79. The van der Waals surface area contributed by atoms with E-state index in [0.29, 0.717) is 0 Å². The van der Waals surface area contributed by atoms with Crippen molar-refractivity contribution in [3.63, 3.8) is 0 Å². The Morgan fingerprint density at radius 2 is 2.13 bits per heavy atom. The largest absolute Gasteiger partial charge is 0.316 e. The molecule has 1 nitrogen and oxygen atoms in total. The molecule has 0 aliphatic heterocycles. The predicted octanol–water partition coefficient (Wildman–Crippen LogP) is 3.46. The number of hydrogen-bond acceptors (Lipinski definition) is 2. The molecule has 0 spiro atoms. The van der Waals surface area contributed by atoms with E-state index < -0.39 is 0 Å². The quantitative estimate of drug-likeness (QED) is 0.754. The maximum Gasteiger partial charge on any atom is 0.00578 e. The number of hydrogen-bond donors (Lipinski definition) is 1. The van der Waals surface area contributed by atoms with Gasteiger partial charge in [-0.3, -0.25) is 0 Å². The van der Waals surface area contributed by atoms with Crippen molar-refractivity contribution in [1.29, 1.82) is 0 Å². The summed E-state index contributed by atoms with van der Waals surface area (Å²) in [4.78, 5) is 1.51. The molecule has 0 radical (unpaired) electrons. The van der Waals surface area contributed by atoms with Crippen molar-refractivity contribution < 1.29 is 0 Å². The first-order valence-electron chi connectivity index (χ1n) is 6.18. The van der Waals surface area contributed by atoms with Gasteiger partial charge in [0.25, 0.3) is 0 Å². The van der Waals surface area contributed by atoms with Crippen molar-refractivity contribution in [3.05, 3.63) is 22.4 Å². The van der Waals surface area contributed by atoms with Crippen molar-refractivity contribution in [2.75, 3.05) is 13.1 Å². The maximum atomic E-state index is 3.60. The molecule has 1 fully saturated rings. The summed E-state index contributed by atoms with van der Waals surface area (Å²) in [6.45, 7) is 2.39. The van der Waals surface area contributed by atoms with E-state index >= 15 is 0 Å². The Kier molecular flexibility index (Phi) is 4.68. The minimum atomic E-state index is 0.960. The van der Waals surface area contributed by atoms with Crippen LogP contribution in [0.5, 0.6) is 0 Å². The number of nitrogens with one attached hydrogen (secondary N) is 1. The van der Waals surface area contributed by atoms with E-state index in [1.165, 1.54) is 49.9 Å². The second-order valence-electron chi connectivity index (χ2n) is 4.54. The Bertz CT molecular complexity index is 250. The summed E-state index contributed by atoms with van der Waals surface area (Å²) in [5, 5.41) is 5.76. The maximum absolute atomic E-state index is 3.60. The van der Waals surface area contributed by atoms with E-state index in [1.807, 2.05) is 11.3 Å². The fourth-order valence-corrected chi connectivity index (χ4v) is 3.07. The Balaban J connectivity index is 1.54. The zero-order valence-corrected chi connectivity index (χ0v) is 10.2. The molecule has 1 N–H and O–H groups in total. The zero-order chi connectivity index (χ0) is 10.3. The minimum absolute atomic E-state index is 0.960. The Hall–Kier alpha value is -0.340. The van der Waals surface area contributed by atoms with Crippen LogP contribution in [0.4, 0.5) is 0 Å². The van der Waals surface area contributed by atoms with Gasteiger partial charge in [-0.2, -0.15) is 0 Å². The third-order valence-electron chi connectivity index (χ3n) is 3.29. The van der Waals surface area contributed by atoms with Gasteiger partial charge < -0.3 is 5.32 Å². The topological polar surface area (TPSA) is 12.0 Å². The SMILES string of the molecule is c1csc(CCNCC2CCCCC2)c1. The van der Waals surface area contributed by atoms with Gasteiger partial charge in [0.1, 0.15) is 0 Å². The first kappa shape index (κ1) is 11.2. The molecule has 84 valence electrons. The highest BCUT2D eigenvalue weighted by Crippen LogP contribution is 2.22. The summed E-state index contributed by atoms with van der Waals surface area (Å²) in [5.41, 5.74) is 0. The Labute approximate surface area is 96.9 Å². The lowest BCUT2D eigenvalue weighted by Gasteiger charge is -2.21. The van der Waals surface area contributed by atoms with Gasteiger partial charge >= 0.3 is 0 Å². The van der Waals surface area contributed by atoms with Gasteiger partial charge in [0.2, 0.25) is 0 Å². The molecule has 0 atom stereocenters. The number of thiophene rings is 1. The van der Waals surface area contributed by atoms with Crippen LogP contribution in [-0.2, 0) is 6.42 Å². The van der Waals surface area contributed by atoms with Crippen molar-refractivity contribution in [1.82, 2.24) is 5.32 Å². The molecule has 1 aromatic rings. The van der Waals surface area contributed by atoms with Crippen LogP contribution < -0.4 is 5.32 Å². The van der Waals surface area contributed by atoms with Gasteiger partial charge in [0.15, 0.2) is 0 Å². The minimum Gasteiger partial charge on any atom is -0.316 e. The van der Waals surface area contributed by atoms with Crippen LogP contribution in [-0.4, -0.2) is 13.1 Å². The van der Waals surface area contributed by atoms with Gasteiger partial charge in [-0.1, -0.05) is 25.3 Å². The molecule has 2 rings (SSSR count). The van der Waals surface area contributed by atoms with Gasteiger partial charge in [0, 0.05) is 4.88 Å². The molecule has 1 saturated carbocycles. The van der Waals surface area contributed by atoms with E-state index in [-0.39, 0.29) is 0 Å². The van der Waals surface area contributed by atoms with Crippen LogP contribution in [0.2, 0.25) is 0 Å². The second-order valence-corrected chi connectivity index (χ2v) is 5.57. The monoisotopic (exact) mass is 223 g/mol. The first-order chi connectivity index (χ1) is 7.45. The fraction of sp³-hybridized carbons (Fsp3) is 0.692. The Morgan fingerprint density at radius 3 is 2.87 bits per heavy atom. The standard InChI is InChI=1S/C13H21NS/c1-2-5-12(6-3-1)11-14-9-8-13-7-4-10-15-13/h4,7,10,12,14H,1-3,5-6,8-9,11H2. The van der Waals surface area contributed by atoms with Crippen LogP contribution >= 0.6 is 11.3 Å². The molecule has 1 aromatic heterocycles. The molecule has 15 heavy (non-hydrogen) atoms. The van der Waals surface area contributed by atoms with E-state index in [9.17, 15) is 0 Å². The average molecular weight is 223 g/mol. The van der Waals surface area contributed by atoms with Crippen LogP contribution in [0, 0.1) is 5.92 Å². The summed E-state index contributed by atoms with van der Waals surface area (Å²) < 4.78 is 0. The van der Waals surface area contributed by atoms with Crippen molar-refractivity contribution in [2.24, 2.45) is 5.92 Å². The molecule has 0 amide bonds. The van der Waals surface area contributed by atoms with Gasteiger partial charge in [-0.15, -0.1) is 11.3 Å². The van der Waals surface area contributed by atoms with E-state index in [0.717, 1.165) is 12.5 Å². The third-order valence-corrected chi connectivity index (χ3v) is 4.22. The van der Waals surface area contributed by atoms with Crippen LogP contribution in [0.15, 0.2) is 17.5 Å². The molecular weight excluding hydrogens is 202 g/mol. The van der Waals surface area contributed by atoms with E-state index in [1.54, 1.807) is 0 Å². The van der Waals surface area contributed by atoms with Crippen molar-refractivity contribution in [3.8, 4) is 0 Å². The molecule has 0 saturated heterocycles. The van der Waals surface area contributed by atoms with Crippen LogP contribution in [0.25, 0.3) is 0 Å². The molecule has 1 aliphatic rings. The highest BCUT2D eigenvalue weighted by molar-refractivity contribution is 7.09. The van der Waals surface area contributed by atoms with Crippen molar-refractivity contribution >= 4 is 11.3 Å². The Morgan fingerprint density at radius 1 is 1.27 bits per heavy atom. The number of rotatable bonds is 5. The van der Waals surface area contributed by atoms with Gasteiger partial charge in [-0.25, -0.2) is 0 Å². The summed E-state index contributed by atoms with van der Waals surface area (Å²) in [7, 11) is 0. The zero-order valence-electron chi connectivity index (χ0n) is 9.37. The molecule has 0 unspecified atom stereocenters. The first-order valence-corrected chi connectivity index (χ1v) is 7.06. The van der Waals surface area contributed by atoms with Crippen LogP contribution in [0.3, 0.4) is 0 Å². The molecule has 1 heterocycles. The lowest BCUT2D eigenvalue weighted by Crippen LogP contribution is -2.26. The highest BCUT2D eigenvalue weighted by atomic mass is 32.1. The lowest BCUT2D eigenvalue weighted by molar-refractivity contribution is 0.343. The predicted molar refractivity (Wildman–Crippen MR) is 67.5 cm³/mol. The molecular formula is C13H21NS. The molecule has 0 bridgehead atoms. The smallest absolute Gasteiger partial charge is 0.00578 e. The lowest BCUT2D eigenvalue weighted by atomic mass is 9.89. The second kappa shape index (κ2) is 6.29. The molecule has 2 heteroatoms. The third kappa shape index (κ3) is 3.96. The molecule has 0 aromatic carbocycles.